The van der Waals surface area contributed by atoms with Crippen LogP contribution in [0.1, 0.15) is 36.0 Å². The average molecular weight is 471 g/mol. The molecular formula is C27H38N2O5. The lowest BCUT2D eigenvalue weighted by Gasteiger charge is -2.35. The number of carbonyl (C=O) groups is 1. The second kappa shape index (κ2) is 12.5. The number of hydrogen-bond acceptors (Lipinski definition) is 6. The van der Waals surface area contributed by atoms with E-state index >= 15 is 0 Å². The van der Waals surface area contributed by atoms with Gasteiger partial charge in [-0.2, -0.15) is 0 Å². The maximum atomic E-state index is 12.7. The van der Waals surface area contributed by atoms with Crippen molar-refractivity contribution in [1.82, 2.24) is 9.80 Å². The number of benzene rings is 2. The predicted octanol–water partition coefficient (Wildman–Crippen LogP) is 4.22. The number of rotatable bonds is 11. The van der Waals surface area contributed by atoms with Gasteiger partial charge in [-0.05, 0) is 49.9 Å². The van der Waals surface area contributed by atoms with Crippen molar-refractivity contribution in [2.45, 2.75) is 39.7 Å². The number of unbranched alkanes of at least 4 members (excludes halogenated alkanes) is 1. The summed E-state index contributed by atoms with van der Waals surface area (Å²) in [6, 6.07) is 10.1. The molecule has 0 saturated carbocycles. The summed E-state index contributed by atoms with van der Waals surface area (Å²) in [7, 11) is 4.88. The van der Waals surface area contributed by atoms with E-state index in [1.807, 2.05) is 17.0 Å². The van der Waals surface area contributed by atoms with Gasteiger partial charge in [0.15, 0.2) is 11.5 Å². The zero-order valence-electron chi connectivity index (χ0n) is 21.2. The molecule has 0 radical (unpaired) electrons. The van der Waals surface area contributed by atoms with Crippen molar-refractivity contribution in [3.05, 3.63) is 47.0 Å². The van der Waals surface area contributed by atoms with Crippen LogP contribution in [0.25, 0.3) is 0 Å². The second-order valence-electron chi connectivity index (χ2n) is 8.72. The third-order valence-corrected chi connectivity index (χ3v) is 6.29. The van der Waals surface area contributed by atoms with Gasteiger partial charge in [-0.1, -0.05) is 18.2 Å². The van der Waals surface area contributed by atoms with Crippen LogP contribution in [0.4, 0.5) is 0 Å². The van der Waals surface area contributed by atoms with Crippen molar-refractivity contribution >= 4 is 5.91 Å². The normalized spacial score (nSPS) is 14.1. The van der Waals surface area contributed by atoms with E-state index in [0.29, 0.717) is 30.3 Å². The molecule has 0 aromatic heterocycles. The molecule has 34 heavy (non-hydrogen) atoms. The average Bonchev–Trinajstić information content (AvgIpc) is 2.85. The molecule has 1 fully saturated rings. The molecular weight excluding hydrogens is 432 g/mol. The van der Waals surface area contributed by atoms with Crippen molar-refractivity contribution in [1.29, 1.82) is 0 Å². The molecule has 1 heterocycles. The Hall–Kier alpha value is -2.93. The lowest BCUT2D eigenvalue weighted by Crippen LogP contribution is -2.48. The van der Waals surface area contributed by atoms with Gasteiger partial charge in [0, 0.05) is 44.7 Å². The van der Waals surface area contributed by atoms with Gasteiger partial charge in [-0.3, -0.25) is 9.69 Å². The molecule has 0 unspecified atom stereocenters. The van der Waals surface area contributed by atoms with Crippen molar-refractivity contribution in [2.24, 2.45) is 0 Å². The molecule has 1 amide bonds. The van der Waals surface area contributed by atoms with E-state index in [2.05, 4.69) is 36.9 Å². The molecule has 7 nitrogen and oxygen atoms in total. The lowest BCUT2D eigenvalue weighted by atomic mass is 10.1. The standard InChI is InChI=1S/C27H38N2O5/c1-20-9-10-21(2)24(18-20)34-17-7-6-8-25(30)29-15-13-28(14-16-29)19-22-11-12-23(31-3)27(33-5)26(22)32-4/h9-12,18H,6-8,13-17,19H2,1-5H3. The lowest BCUT2D eigenvalue weighted by molar-refractivity contribution is -0.133. The highest BCUT2D eigenvalue weighted by atomic mass is 16.5. The first-order valence-corrected chi connectivity index (χ1v) is 11.9. The largest absolute Gasteiger partial charge is 0.493 e. The topological polar surface area (TPSA) is 60.5 Å². The molecule has 0 aliphatic carbocycles. The first kappa shape index (κ1) is 25.7. The van der Waals surface area contributed by atoms with Crippen LogP contribution in [0, 0.1) is 13.8 Å². The third-order valence-electron chi connectivity index (χ3n) is 6.29. The van der Waals surface area contributed by atoms with Crippen LogP contribution in [0.15, 0.2) is 30.3 Å². The minimum atomic E-state index is 0.232. The SMILES string of the molecule is COc1ccc(CN2CCN(C(=O)CCCCOc3cc(C)ccc3C)CC2)c(OC)c1OC. The Morgan fingerprint density at radius 1 is 0.853 bits per heavy atom. The summed E-state index contributed by atoms with van der Waals surface area (Å²) in [5.74, 6) is 3.13. The summed E-state index contributed by atoms with van der Waals surface area (Å²) >= 11 is 0. The van der Waals surface area contributed by atoms with Crippen LogP contribution >= 0.6 is 0 Å². The Morgan fingerprint density at radius 3 is 2.26 bits per heavy atom. The number of methoxy groups -OCH3 is 3. The van der Waals surface area contributed by atoms with E-state index < -0.39 is 0 Å². The number of amides is 1. The van der Waals surface area contributed by atoms with Crippen LogP contribution in [0.2, 0.25) is 0 Å². The zero-order chi connectivity index (χ0) is 24.5. The first-order valence-electron chi connectivity index (χ1n) is 11.9. The van der Waals surface area contributed by atoms with E-state index in [0.717, 1.165) is 62.4 Å². The Balaban J connectivity index is 1.41. The zero-order valence-corrected chi connectivity index (χ0v) is 21.2. The molecule has 186 valence electrons. The van der Waals surface area contributed by atoms with Crippen molar-refractivity contribution in [3.8, 4) is 23.0 Å². The molecule has 1 aliphatic rings. The first-order chi connectivity index (χ1) is 16.5. The Kier molecular flexibility index (Phi) is 9.45. The highest BCUT2D eigenvalue weighted by molar-refractivity contribution is 5.76. The van der Waals surface area contributed by atoms with Crippen LogP contribution < -0.4 is 18.9 Å². The molecule has 0 atom stereocenters. The van der Waals surface area contributed by atoms with Crippen LogP contribution in [0.5, 0.6) is 23.0 Å². The minimum Gasteiger partial charge on any atom is -0.493 e. The monoisotopic (exact) mass is 470 g/mol. The van der Waals surface area contributed by atoms with Gasteiger partial charge in [-0.25, -0.2) is 0 Å². The summed E-state index contributed by atoms with van der Waals surface area (Å²) in [4.78, 5) is 17.0. The fraction of sp³-hybridized carbons (Fsp3) is 0.519. The molecule has 7 heteroatoms. The smallest absolute Gasteiger partial charge is 0.222 e. The molecule has 2 aromatic rings. The van der Waals surface area contributed by atoms with Crippen LogP contribution in [0.3, 0.4) is 0 Å². The van der Waals surface area contributed by atoms with E-state index in [-0.39, 0.29) is 5.91 Å². The van der Waals surface area contributed by atoms with Gasteiger partial charge in [0.1, 0.15) is 5.75 Å². The quantitative estimate of drug-likeness (QED) is 0.458. The van der Waals surface area contributed by atoms with Gasteiger partial charge in [0.05, 0.1) is 27.9 Å². The number of nitrogens with zero attached hydrogens (tertiary/aromatic N) is 2. The molecule has 0 N–H and O–H groups in total. The van der Waals surface area contributed by atoms with Crippen molar-refractivity contribution in [3.63, 3.8) is 0 Å². The molecule has 1 saturated heterocycles. The van der Waals surface area contributed by atoms with Crippen LogP contribution in [-0.4, -0.2) is 69.8 Å². The van der Waals surface area contributed by atoms with Crippen LogP contribution in [-0.2, 0) is 11.3 Å². The minimum absolute atomic E-state index is 0.232. The van der Waals surface area contributed by atoms with Crippen molar-refractivity contribution in [2.75, 3.05) is 54.1 Å². The van der Waals surface area contributed by atoms with E-state index in [1.54, 1.807) is 21.3 Å². The fourth-order valence-corrected chi connectivity index (χ4v) is 4.27. The summed E-state index contributed by atoms with van der Waals surface area (Å²) in [6.45, 7) is 8.65. The van der Waals surface area contributed by atoms with Gasteiger partial charge in [-0.15, -0.1) is 0 Å². The molecule has 0 bridgehead atoms. The van der Waals surface area contributed by atoms with E-state index in [1.165, 1.54) is 5.56 Å². The summed E-state index contributed by atoms with van der Waals surface area (Å²) in [6.07, 6.45) is 2.28. The number of carbonyl (C=O) groups excluding carboxylic acids is 1. The van der Waals surface area contributed by atoms with E-state index in [9.17, 15) is 4.79 Å². The second-order valence-corrected chi connectivity index (χ2v) is 8.72. The molecule has 2 aromatic carbocycles. The predicted molar refractivity (Wildman–Crippen MR) is 133 cm³/mol. The highest BCUT2D eigenvalue weighted by Gasteiger charge is 2.23. The number of aryl methyl sites for hydroxylation is 2. The Labute approximate surface area is 203 Å². The summed E-state index contributed by atoms with van der Waals surface area (Å²) in [5, 5.41) is 0. The maximum Gasteiger partial charge on any atom is 0.222 e. The number of piperazine rings is 1. The third kappa shape index (κ3) is 6.56. The fourth-order valence-electron chi connectivity index (χ4n) is 4.27. The van der Waals surface area contributed by atoms with Gasteiger partial charge in [0.2, 0.25) is 11.7 Å². The van der Waals surface area contributed by atoms with Gasteiger partial charge < -0.3 is 23.8 Å². The molecule has 3 rings (SSSR count). The molecule has 1 aliphatic heterocycles. The van der Waals surface area contributed by atoms with E-state index in [4.69, 9.17) is 18.9 Å². The Bertz CT molecular complexity index is 954. The highest BCUT2D eigenvalue weighted by Crippen LogP contribution is 2.40. The summed E-state index contributed by atoms with van der Waals surface area (Å²) in [5.41, 5.74) is 3.38. The number of hydrogen-bond donors (Lipinski definition) is 0. The maximum absolute atomic E-state index is 12.7. The van der Waals surface area contributed by atoms with Gasteiger partial charge >= 0.3 is 0 Å². The number of ether oxygens (including phenoxy) is 4. The molecule has 0 spiro atoms. The van der Waals surface area contributed by atoms with Gasteiger partial charge in [0.25, 0.3) is 0 Å². The Morgan fingerprint density at radius 2 is 1.59 bits per heavy atom. The summed E-state index contributed by atoms with van der Waals surface area (Å²) < 4.78 is 22.4. The van der Waals surface area contributed by atoms with Crippen molar-refractivity contribution < 1.29 is 23.7 Å².